The Bertz CT molecular complexity index is 662. The Labute approximate surface area is 132 Å². The van der Waals surface area contributed by atoms with Crippen molar-refractivity contribution in [1.29, 1.82) is 0 Å². The number of hydrogen-bond donors (Lipinski definition) is 2. The van der Waals surface area contributed by atoms with Crippen LogP contribution in [0, 0.1) is 6.92 Å². The number of rotatable bonds is 5. The molecule has 1 amide bonds. The molecule has 110 valence electrons. The van der Waals surface area contributed by atoms with E-state index in [1.807, 2.05) is 13.8 Å². The highest BCUT2D eigenvalue weighted by Gasteiger charge is 2.13. The number of aryl methyl sites for hydroxylation is 1. The standard InChI is InChI=1S/C15H15NO3S2/c1-3-19-11-6-4-10(5-7-11)14(17)16-12-8-13(15(18)20)21-9(12)2/h4-8H,3H2,1-2H3,(H,16,17)(H,18,20). The lowest BCUT2D eigenvalue weighted by Gasteiger charge is -2.06. The van der Waals surface area contributed by atoms with Crippen molar-refractivity contribution < 1.29 is 14.3 Å². The first-order valence-corrected chi connectivity index (χ1v) is 7.65. The van der Waals surface area contributed by atoms with Gasteiger partial charge in [-0.15, -0.1) is 11.3 Å². The van der Waals surface area contributed by atoms with Gasteiger partial charge in [0.2, 0.25) is 5.12 Å². The van der Waals surface area contributed by atoms with Crippen LogP contribution in [0.2, 0.25) is 0 Å². The van der Waals surface area contributed by atoms with Gasteiger partial charge in [-0.25, -0.2) is 0 Å². The molecule has 0 atom stereocenters. The second kappa shape index (κ2) is 6.78. The lowest BCUT2D eigenvalue weighted by molar-refractivity contribution is 0.102. The zero-order valence-electron chi connectivity index (χ0n) is 11.7. The van der Waals surface area contributed by atoms with E-state index in [1.54, 1.807) is 30.3 Å². The number of amides is 1. The van der Waals surface area contributed by atoms with Crippen LogP contribution in [-0.4, -0.2) is 17.6 Å². The third-order valence-electron chi connectivity index (χ3n) is 2.80. The van der Waals surface area contributed by atoms with E-state index in [-0.39, 0.29) is 11.0 Å². The summed E-state index contributed by atoms with van der Waals surface area (Å²) in [6, 6.07) is 8.55. The van der Waals surface area contributed by atoms with Gasteiger partial charge < -0.3 is 10.1 Å². The molecular weight excluding hydrogens is 306 g/mol. The van der Waals surface area contributed by atoms with E-state index >= 15 is 0 Å². The van der Waals surface area contributed by atoms with E-state index in [2.05, 4.69) is 17.9 Å². The average molecular weight is 321 g/mol. The topological polar surface area (TPSA) is 55.4 Å². The molecule has 0 fully saturated rings. The van der Waals surface area contributed by atoms with Crippen molar-refractivity contribution in [2.75, 3.05) is 11.9 Å². The number of benzene rings is 1. The molecule has 1 aromatic heterocycles. The Hall–Kier alpha value is -1.79. The molecule has 0 aliphatic heterocycles. The minimum atomic E-state index is -0.301. The summed E-state index contributed by atoms with van der Waals surface area (Å²) in [7, 11) is 0. The Kier molecular flexibility index (Phi) is 5.03. The van der Waals surface area contributed by atoms with Gasteiger partial charge in [0.15, 0.2) is 0 Å². The SMILES string of the molecule is CCOc1ccc(C(=O)Nc2cc(C(=O)S)sc2C)cc1. The number of hydrogen-bond acceptors (Lipinski definition) is 4. The smallest absolute Gasteiger partial charge is 0.255 e. The third-order valence-corrected chi connectivity index (χ3v) is 4.25. The van der Waals surface area contributed by atoms with E-state index in [9.17, 15) is 9.59 Å². The van der Waals surface area contributed by atoms with Crippen LogP contribution in [0.3, 0.4) is 0 Å². The second-order valence-electron chi connectivity index (χ2n) is 4.30. The van der Waals surface area contributed by atoms with Crippen molar-refractivity contribution in [1.82, 2.24) is 0 Å². The van der Waals surface area contributed by atoms with Gasteiger partial charge in [-0.05, 0) is 44.2 Å². The Morgan fingerprint density at radius 2 is 1.95 bits per heavy atom. The van der Waals surface area contributed by atoms with Gasteiger partial charge in [0.1, 0.15) is 5.75 Å². The van der Waals surface area contributed by atoms with Crippen LogP contribution in [0.5, 0.6) is 5.75 Å². The fraction of sp³-hybridized carbons (Fsp3) is 0.200. The number of thiol groups is 1. The molecule has 0 bridgehead atoms. The van der Waals surface area contributed by atoms with Crippen LogP contribution in [-0.2, 0) is 0 Å². The fourth-order valence-corrected chi connectivity index (χ4v) is 2.79. The Balaban J connectivity index is 2.12. The van der Waals surface area contributed by atoms with Crippen molar-refractivity contribution in [2.24, 2.45) is 0 Å². The molecule has 0 radical (unpaired) electrons. The average Bonchev–Trinajstić information content (AvgIpc) is 2.81. The summed E-state index contributed by atoms with van der Waals surface area (Å²) in [6.45, 7) is 4.33. The molecule has 0 saturated carbocycles. The van der Waals surface area contributed by atoms with Gasteiger partial charge >= 0.3 is 0 Å². The van der Waals surface area contributed by atoms with E-state index in [0.29, 0.717) is 22.7 Å². The van der Waals surface area contributed by atoms with Gasteiger partial charge in [-0.2, -0.15) is 0 Å². The first-order chi connectivity index (χ1) is 10.0. The third kappa shape index (κ3) is 3.86. The van der Waals surface area contributed by atoms with Gasteiger partial charge in [-0.1, -0.05) is 12.6 Å². The normalized spacial score (nSPS) is 10.2. The molecule has 0 aliphatic carbocycles. The van der Waals surface area contributed by atoms with Crippen molar-refractivity contribution in [3.8, 4) is 5.75 Å². The van der Waals surface area contributed by atoms with Crippen molar-refractivity contribution in [3.63, 3.8) is 0 Å². The zero-order valence-corrected chi connectivity index (χ0v) is 13.4. The van der Waals surface area contributed by atoms with Crippen LogP contribution in [0.15, 0.2) is 30.3 Å². The maximum atomic E-state index is 12.2. The number of ether oxygens (including phenoxy) is 1. The monoisotopic (exact) mass is 321 g/mol. The molecule has 2 aromatic rings. The molecule has 0 saturated heterocycles. The van der Waals surface area contributed by atoms with Crippen LogP contribution in [0.4, 0.5) is 5.69 Å². The Morgan fingerprint density at radius 3 is 2.48 bits per heavy atom. The summed E-state index contributed by atoms with van der Waals surface area (Å²) in [5, 5.41) is 2.50. The van der Waals surface area contributed by atoms with E-state index < -0.39 is 0 Å². The molecule has 1 heterocycles. The first-order valence-electron chi connectivity index (χ1n) is 6.39. The summed E-state index contributed by atoms with van der Waals surface area (Å²) in [6.07, 6.45) is 0. The molecular formula is C15H15NO3S2. The molecule has 0 unspecified atom stereocenters. The van der Waals surface area contributed by atoms with Crippen LogP contribution in [0.25, 0.3) is 0 Å². The van der Waals surface area contributed by atoms with Gasteiger partial charge in [0.05, 0.1) is 17.2 Å². The fourth-order valence-electron chi connectivity index (χ4n) is 1.78. The van der Waals surface area contributed by atoms with Crippen LogP contribution < -0.4 is 10.1 Å². The molecule has 2 rings (SSSR count). The molecule has 1 N–H and O–H groups in total. The summed E-state index contributed by atoms with van der Waals surface area (Å²) < 4.78 is 5.33. The Morgan fingerprint density at radius 1 is 1.29 bits per heavy atom. The number of thiophene rings is 1. The summed E-state index contributed by atoms with van der Waals surface area (Å²) in [5.41, 5.74) is 1.17. The van der Waals surface area contributed by atoms with Gasteiger partial charge in [0, 0.05) is 10.4 Å². The lowest BCUT2D eigenvalue weighted by Crippen LogP contribution is -2.11. The highest BCUT2D eigenvalue weighted by Crippen LogP contribution is 2.27. The van der Waals surface area contributed by atoms with Crippen molar-refractivity contribution >= 4 is 40.7 Å². The largest absolute Gasteiger partial charge is 0.494 e. The van der Waals surface area contributed by atoms with Crippen molar-refractivity contribution in [2.45, 2.75) is 13.8 Å². The van der Waals surface area contributed by atoms with Crippen molar-refractivity contribution in [3.05, 3.63) is 45.6 Å². The minimum Gasteiger partial charge on any atom is -0.494 e. The number of anilines is 1. The van der Waals surface area contributed by atoms with Crippen LogP contribution in [0.1, 0.15) is 31.8 Å². The molecule has 0 aliphatic rings. The lowest BCUT2D eigenvalue weighted by atomic mass is 10.2. The highest BCUT2D eigenvalue weighted by molar-refractivity contribution is 7.97. The second-order valence-corrected chi connectivity index (χ2v) is 5.96. The molecule has 0 spiro atoms. The first kappa shape index (κ1) is 15.6. The quantitative estimate of drug-likeness (QED) is 0.824. The molecule has 4 nitrogen and oxygen atoms in total. The highest BCUT2D eigenvalue weighted by atomic mass is 32.1. The summed E-state index contributed by atoms with van der Waals surface area (Å²) >= 11 is 5.09. The molecule has 1 aromatic carbocycles. The van der Waals surface area contributed by atoms with Gasteiger partial charge in [-0.3, -0.25) is 9.59 Å². The number of nitrogens with one attached hydrogen (secondary N) is 1. The van der Waals surface area contributed by atoms with E-state index in [0.717, 1.165) is 10.6 Å². The minimum absolute atomic E-state index is 0.225. The zero-order chi connectivity index (χ0) is 15.4. The summed E-state index contributed by atoms with van der Waals surface area (Å²) in [5.74, 6) is 0.501. The predicted octanol–water partition coefficient (Wildman–Crippen LogP) is 3.78. The maximum absolute atomic E-state index is 12.2. The van der Waals surface area contributed by atoms with Gasteiger partial charge in [0.25, 0.3) is 5.91 Å². The number of carbonyl (C=O) groups is 2. The summed E-state index contributed by atoms with van der Waals surface area (Å²) in [4.78, 5) is 24.8. The van der Waals surface area contributed by atoms with Crippen LogP contribution >= 0.6 is 24.0 Å². The number of carbonyl (C=O) groups excluding carboxylic acids is 2. The molecule has 6 heteroatoms. The predicted molar refractivity (Wildman–Crippen MR) is 87.9 cm³/mol. The van der Waals surface area contributed by atoms with E-state index in [1.165, 1.54) is 11.3 Å². The maximum Gasteiger partial charge on any atom is 0.255 e. The molecule has 21 heavy (non-hydrogen) atoms. The van der Waals surface area contributed by atoms with E-state index in [4.69, 9.17) is 4.74 Å².